The average Bonchev–Trinajstić information content (AvgIpc) is 3.19. The summed E-state index contributed by atoms with van der Waals surface area (Å²) in [4.78, 5) is 0. The van der Waals surface area contributed by atoms with Gasteiger partial charge in [-0.3, -0.25) is 0 Å². The zero-order valence-electron chi connectivity index (χ0n) is 18.1. The van der Waals surface area contributed by atoms with Crippen molar-refractivity contribution in [3.8, 4) is 0 Å². The van der Waals surface area contributed by atoms with Crippen molar-refractivity contribution < 1.29 is 0 Å². The van der Waals surface area contributed by atoms with Crippen molar-refractivity contribution in [2.45, 2.75) is 82.6 Å². The second kappa shape index (κ2) is 8.39. The quantitative estimate of drug-likeness (QED) is 0.415. The lowest BCUT2D eigenvalue weighted by Crippen LogP contribution is -2.25. The van der Waals surface area contributed by atoms with Crippen LogP contribution in [0, 0.1) is 65.1 Å². The van der Waals surface area contributed by atoms with Crippen LogP contribution in [0.15, 0.2) is 0 Å². The van der Waals surface area contributed by atoms with Gasteiger partial charge < -0.3 is 0 Å². The first-order chi connectivity index (χ1) is 10.6. The first-order valence-corrected chi connectivity index (χ1v) is 10.6. The Labute approximate surface area is 148 Å². The smallest absolute Gasteiger partial charge is 0.0313 e. The lowest BCUT2D eigenvalue weighted by atomic mass is 9.74. The van der Waals surface area contributed by atoms with E-state index >= 15 is 0 Å². The van der Waals surface area contributed by atoms with E-state index in [1.54, 1.807) is 0 Å². The average molecular weight is 323 g/mol. The molecule has 0 amide bonds. The molecule has 1 aliphatic carbocycles. The molecule has 1 rings (SSSR count). The van der Waals surface area contributed by atoms with Gasteiger partial charge in [0.25, 0.3) is 0 Å². The molecule has 23 heavy (non-hydrogen) atoms. The Morgan fingerprint density at radius 1 is 0.609 bits per heavy atom. The van der Waals surface area contributed by atoms with E-state index in [4.69, 9.17) is 0 Å². The van der Waals surface area contributed by atoms with E-state index < -0.39 is 0 Å². The molecule has 1 saturated carbocycles. The first kappa shape index (κ1) is 21.0. The molecule has 0 aromatic heterocycles. The van der Waals surface area contributed by atoms with Crippen LogP contribution >= 0.6 is 0 Å². The van der Waals surface area contributed by atoms with E-state index in [2.05, 4.69) is 76.2 Å². The number of rotatable bonds is 9. The summed E-state index contributed by atoms with van der Waals surface area (Å²) in [5.74, 6) is 9.72. The van der Waals surface area contributed by atoms with E-state index in [0.717, 1.165) is 65.1 Å². The van der Waals surface area contributed by atoms with Crippen LogP contribution in [-0.2, 0) is 0 Å². The van der Waals surface area contributed by atoms with Gasteiger partial charge in [-0.25, -0.2) is 0 Å². The van der Waals surface area contributed by atoms with Gasteiger partial charge in [0, 0.05) is 0 Å². The predicted octanol–water partition coefficient (Wildman–Crippen LogP) is 7.39. The SMILES string of the molecule is CCC(C)C(C(C)C)C1C(C(C)C)C1C(C)C(C)C(C)C(C)C. The molecule has 1 aliphatic rings. The molecule has 0 bridgehead atoms. The van der Waals surface area contributed by atoms with Crippen LogP contribution in [0.25, 0.3) is 0 Å². The van der Waals surface area contributed by atoms with Gasteiger partial charge in [-0.2, -0.15) is 0 Å². The van der Waals surface area contributed by atoms with Crippen LogP contribution in [0.5, 0.6) is 0 Å². The molecule has 0 heteroatoms. The van der Waals surface area contributed by atoms with Crippen LogP contribution in [0.4, 0.5) is 0 Å². The minimum Gasteiger partial charge on any atom is -0.0651 e. The van der Waals surface area contributed by atoms with E-state index in [1.807, 2.05) is 0 Å². The van der Waals surface area contributed by atoms with Crippen molar-refractivity contribution >= 4 is 0 Å². The maximum Gasteiger partial charge on any atom is -0.0313 e. The third kappa shape index (κ3) is 4.55. The van der Waals surface area contributed by atoms with Gasteiger partial charge in [0.2, 0.25) is 0 Å². The van der Waals surface area contributed by atoms with Gasteiger partial charge in [0.1, 0.15) is 0 Å². The van der Waals surface area contributed by atoms with Crippen molar-refractivity contribution in [3.63, 3.8) is 0 Å². The van der Waals surface area contributed by atoms with Crippen LogP contribution in [0.3, 0.4) is 0 Å². The Kier molecular flexibility index (Phi) is 7.68. The molecule has 0 heterocycles. The van der Waals surface area contributed by atoms with Gasteiger partial charge in [-0.1, -0.05) is 82.6 Å². The van der Waals surface area contributed by atoms with Gasteiger partial charge in [0.15, 0.2) is 0 Å². The summed E-state index contributed by atoms with van der Waals surface area (Å²) in [6.45, 7) is 27.1. The topological polar surface area (TPSA) is 0 Å². The highest BCUT2D eigenvalue weighted by molar-refractivity contribution is 5.06. The van der Waals surface area contributed by atoms with Gasteiger partial charge in [-0.05, 0) is 65.1 Å². The zero-order chi connectivity index (χ0) is 18.1. The van der Waals surface area contributed by atoms with Gasteiger partial charge >= 0.3 is 0 Å². The van der Waals surface area contributed by atoms with E-state index in [-0.39, 0.29) is 0 Å². The van der Waals surface area contributed by atoms with Crippen molar-refractivity contribution in [2.75, 3.05) is 0 Å². The van der Waals surface area contributed by atoms with Crippen LogP contribution in [0.1, 0.15) is 82.6 Å². The maximum atomic E-state index is 2.57. The largest absolute Gasteiger partial charge is 0.0651 e. The van der Waals surface area contributed by atoms with Gasteiger partial charge in [0.05, 0.1) is 0 Å². The number of hydrogen-bond acceptors (Lipinski definition) is 0. The highest BCUT2D eigenvalue weighted by Gasteiger charge is 2.58. The Morgan fingerprint density at radius 3 is 1.48 bits per heavy atom. The van der Waals surface area contributed by atoms with E-state index in [9.17, 15) is 0 Å². The minimum absolute atomic E-state index is 0.803. The molecule has 1 fully saturated rings. The van der Waals surface area contributed by atoms with Gasteiger partial charge in [-0.15, -0.1) is 0 Å². The maximum absolute atomic E-state index is 2.57. The van der Waals surface area contributed by atoms with Crippen molar-refractivity contribution in [1.29, 1.82) is 0 Å². The summed E-state index contributed by atoms with van der Waals surface area (Å²) in [5.41, 5.74) is 0. The van der Waals surface area contributed by atoms with E-state index in [1.165, 1.54) is 6.42 Å². The Morgan fingerprint density at radius 2 is 1.13 bits per heavy atom. The Bertz CT molecular complexity index is 340. The molecule has 8 atom stereocenters. The normalized spacial score (nSPS) is 31.3. The summed E-state index contributed by atoms with van der Waals surface area (Å²) in [6, 6.07) is 0. The molecule has 0 radical (unpaired) electrons. The predicted molar refractivity (Wildman–Crippen MR) is 105 cm³/mol. The summed E-state index contributed by atoms with van der Waals surface area (Å²) >= 11 is 0. The molecule has 0 saturated heterocycles. The molecule has 0 N–H and O–H groups in total. The molecular formula is C23H46. The third-order valence-corrected chi connectivity index (χ3v) is 7.79. The molecule has 0 aliphatic heterocycles. The molecule has 8 unspecified atom stereocenters. The highest BCUT2D eigenvalue weighted by Crippen LogP contribution is 2.63. The Balaban J connectivity index is 2.96. The number of hydrogen-bond donors (Lipinski definition) is 0. The summed E-state index contributed by atoms with van der Waals surface area (Å²) in [5, 5.41) is 0. The second-order valence-corrected chi connectivity index (χ2v) is 10.0. The van der Waals surface area contributed by atoms with Crippen molar-refractivity contribution in [2.24, 2.45) is 65.1 Å². The van der Waals surface area contributed by atoms with E-state index in [0.29, 0.717) is 0 Å². The standard InChI is InChI=1S/C23H46/c1-12-16(8)20(14(4)5)23-21(15(6)7)22(23)19(11)18(10)17(9)13(2)3/h13-23H,12H2,1-11H3. The lowest BCUT2D eigenvalue weighted by Gasteiger charge is -2.32. The lowest BCUT2D eigenvalue weighted by molar-refractivity contribution is 0.169. The second-order valence-electron chi connectivity index (χ2n) is 10.0. The Hall–Kier alpha value is 0. The molecule has 0 spiro atoms. The van der Waals surface area contributed by atoms with Crippen LogP contribution in [-0.4, -0.2) is 0 Å². The molecule has 138 valence electrons. The minimum atomic E-state index is 0.803. The molecular weight excluding hydrogens is 276 g/mol. The van der Waals surface area contributed by atoms with Crippen LogP contribution < -0.4 is 0 Å². The highest BCUT2D eigenvalue weighted by atomic mass is 14.6. The molecule has 0 nitrogen and oxygen atoms in total. The fraction of sp³-hybridized carbons (Fsp3) is 1.00. The molecule has 0 aromatic carbocycles. The summed E-state index contributed by atoms with van der Waals surface area (Å²) < 4.78 is 0. The van der Waals surface area contributed by atoms with Crippen molar-refractivity contribution in [1.82, 2.24) is 0 Å². The van der Waals surface area contributed by atoms with Crippen molar-refractivity contribution in [3.05, 3.63) is 0 Å². The summed E-state index contributed by atoms with van der Waals surface area (Å²) in [6.07, 6.45) is 1.34. The fourth-order valence-electron chi connectivity index (χ4n) is 5.68. The third-order valence-electron chi connectivity index (χ3n) is 7.79. The fourth-order valence-corrected chi connectivity index (χ4v) is 5.68. The monoisotopic (exact) mass is 322 g/mol. The first-order valence-electron chi connectivity index (χ1n) is 10.6. The summed E-state index contributed by atoms with van der Waals surface area (Å²) in [7, 11) is 0. The van der Waals surface area contributed by atoms with Crippen LogP contribution in [0.2, 0.25) is 0 Å². The molecule has 0 aromatic rings. The zero-order valence-corrected chi connectivity index (χ0v) is 18.1.